The Balaban J connectivity index is 2.16. The molecule has 7 nitrogen and oxygen atoms in total. The number of nitrogens with two attached hydrogens (primary N) is 1. The van der Waals surface area contributed by atoms with E-state index in [2.05, 4.69) is 9.59 Å². The fourth-order valence-electron chi connectivity index (χ4n) is 1.18. The van der Waals surface area contributed by atoms with Crippen LogP contribution in [0.1, 0.15) is 5.69 Å². The summed E-state index contributed by atoms with van der Waals surface area (Å²) < 4.78 is 8.99. The number of nitrogen functional groups attached to an aromatic ring is 1. The Hall–Kier alpha value is -1.93. The van der Waals surface area contributed by atoms with E-state index < -0.39 is 4.92 Å². The number of nitro groups is 1. The van der Waals surface area contributed by atoms with Crippen LogP contribution in [-0.4, -0.2) is 14.5 Å². The highest BCUT2D eigenvalue weighted by Crippen LogP contribution is 2.29. The minimum atomic E-state index is -0.526. The summed E-state index contributed by atoms with van der Waals surface area (Å²) in [5, 5.41) is 15.1. The van der Waals surface area contributed by atoms with E-state index in [-0.39, 0.29) is 23.1 Å². The summed E-state index contributed by atoms with van der Waals surface area (Å²) in [7, 11) is 0. The number of rotatable bonds is 4. The van der Waals surface area contributed by atoms with Crippen LogP contribution in [0.15, 0.2) is 18.2 Å². The number of anilines is 1. The fourth-order valence-corrected chi connectivity index (χ4v) is 1.78. The second-order valence-corrected chi connectivity index (χ2v) is 4.44. The van der Waals surface area contributed by atoms with Crippen molar-refractivity contribution in [2.75, 3.05) is 5.73 Å². The molecule has 18 heavy (non-hydrogen) atoms. The number of halogens is 1. The predicted molar refractivity (Wildman–Crippen MR) is 66.8 cm³/mol. The summed E-state index contributed by atoms with van der Waals surface area (Å²) in [5.74, 6) is 0.207. The lowest BCUT2D eigenvalue weighted by molar-refractivity contribution is -0.384. The van der Waals surface area contributed by atoms with E-state index in [4.69, 9.17) is 22.1 Å². The Bertz CT molecular complexity index is 589. The second kappa shape index (κ2) is 5.15. The van der Waals surface area contributed by atoms with Crippen molar-refractivity contribution in [3.05, 3.63) is 39.0 Å². The first-order valence-corrected chi connectivity index (χ1v) is 5.86. The van der Waals surface area contributed by atoms with Gasteiger partial charge in [0.2, 0.25) is 0 Å². The van der Waals surface area contributed by atoms with Gasteiger partial charge < -0.3 is 10.5 Å². The van der Waals surface area contributed by atoms with E-state index in [0.717, 1.165) is 11.5 Å². The van der Waals surface area contributed by atoms with Crippen molar-refractivity contribution in [1.29, 1.82) is 0 Å². The van der Waals surface area contributed by atoms with E-state index in [1.54, 1.807) is 0 Å². The maximum absolute atomic E-state index is 10.6. The summed E-state index contributed by atoms with van der Waals surface area (Å²) >= 11 is 6.92. The summed E-state index contributed by atoms with van der Waals surface area (Å²) in [4.78, 5) is 10.1. The molecule has 0 saturated carbocycles. The van der Waals surface area contributed by atoms with Crippen LogP contribution in [0, 0.1) is 10.1 Å². The lowest BCUT2D eigenvalue weighted by atomic mass is 10.3. The zero-order valence-electron chi connectivity index (χ0n) is 8.87. The van der Waals surface area contributed by atoms with Crippen molar-refractivity contribution in [1.82, 2.24) is 9.59 Å². The molecule has 0 aliphatic rings. The molecule has 0 spiro atoms. The molecule has 0 radical (unpaired) electrons. The lowest BCUT2D eigenvalue weighted by Crippen LogP contribution is -2.00. The standard InChI is InChI=1S/C9H7ClN4O3S/c10-6-2-1-5(14(15)16)3-8(6)17-4-7-9(11)18-13-12-7/h1-3H,4,11H2. The van der Waals surface area contributed by atoms with Gasteiger partial charge in [-0.15, -0.1) is 5.10 Å². The zero-order valence-corrected chi connectivity index (χ0v) is 10.4. The molecule has 1 aromatic heterocycles. The van der Waals surface area contributed by atoms with Crippen LogP contribution in [0.4, 0.5) is 10.7 Å². The Morgan fingerprint density at radius 2 is 2.33 bits per heavy atom. The fraction of sp³-hybridized carbons (Fsp3) is 0.111. The minimum Gasteiger partial charge on any atom is -0.485 e. The van der Waals surface area contributed by atoms with Crippen LogP contribution < -0.4 is 10.5 Å². The monoisotopic (exact) mass is 286 g/mol. The average molecular weight is 287 g/mol. The maximum Gasteiger partial charge on any atom is 0.273 e. The number of non-ortho nitro benzene ring substituents is 1. The number of nitro benzene ring substituents is 1. The van der Waals surface area contributed by atoms with Crippen molar-refractivity contribution in [2.45, 2.75) is 6.61 Å². The summed E-state index contributed by atoms with van der Waals surface area (Å²) in [5.41, 5.74) is 5.97. The van der Waals surface area contributed by atoms with Crippen molar-refractivity contribution < 1.29 is 9.66 Å². The van der Waals surface area contributed by atoms with Gasteiger partial charge in [-0.05, 0) is 6.07 Å². The SMILES string of the molecule is Nc1snnc1COc1cc([N+](=O)[O-])ccc1Cl. The van der Waals surface area contributed by atoms with Crippen LogP contribution in [0.5, 0.6) is 5.75 Å². The largest absolute Gasteiger partial charge is 0.485 e. The van der Waals surface area contributed by atoms with Crippen molar-refractivity contribution in [3.63, 3.8) is 0 Å². The molecule has 0 atom stereocenters. The molecule has 0 saturated heterocycles. The van der Waals surface area contributed by atoms with E-state index >= 15 is 0 Å². The molecule has 9 heteroatoms. The van der Waals surface area contributed by atoms with Gasteiger partial charge in [0, 0.05) is 17.6 Å². The molecular formula is C9H7ClN4O3S. The van der Waals surface area contributed by atoms with E-state index in [1.807, 2.05) is 0 Å². The topological polar surface area (TPSA) is 104 Å². The average Bonchev–Trinajstić information content (AvgIpc) is 2.73. The van der Waals surface area contributed by atoms with Gasteiger partial charge in [0.05, 0.1) is 16.0 Å². The summed E-state index contributed by atoms with van der Waals surface area (Å²) in [6.45, 7) is 0.0588. The predicted octanol–water partition coefficient (Wildman–Crippen LogP) is 2.26. The van der Waals surface area contributed by atoms with Crippen LogP contribution in [0.2, 0.25) is 5.02 Å². The highest BCUT2D eigenvalue weighted by Gasteiger charge is 2.12. The molecule has 2 aromatic rings. The van der Waals surface area contributed by atoms with Gasteiger partial charge in [0.25, 0.3) is 5.69 Å². The molecule has 0 fully saturated rings. The highest BCUT2D eigenvalue weighted by molar-refractivity contribution is 7.09. The maximum atomic E-state index is 10.6. The Morgan fingerprint density at radius 3 is 2.94 bits per heavy atom. The van der Waals surface area contributed by atoms with Crippen molar-refractivity contribution in [3.8, 4) is 5.75 Å². The van der Waals surface area contributed by atoms with Gasteiger partial charge in [0.15, 0.2) is 0 Å². The molecule has 1 heterocycles. The quantitative estimate of drug-likeness (QED) is 0.683. The van der Waals surface area contributed by atoms with Gasteiger partial charge in [-0.3, -0.25) is 10.1 Å². The van der Waals surface area contributed by atoms with Crippen LogP contribution in [0.25, 0.3) is 0 Å². The molecule has 0 aliphatic heterocycles. The lowest BCUT2D eigenvalue weighted by Gasteiger charge is -2.06. The summed E-state index contributed by atoms with van der Waals surface area (Å²) in [6, 6.07) is 3.95. The molecule has 1 aromatic carbocycles. The first-order chi connectivity index (χ1) is 8.58. The van der Waals surface area contributed by atoms with Crippen molar-refractivity contribution >= 4 is 33.8 Å². The van der Waals surface area contributed by atoms with Crippen LogP contribution >= 0.6 is 23.1 Å². The van der Waals surface area contributed by atoms with Gasteiger partial charge >= 0.3 is 0 Å². The molecule has 2 rings (SSSR count). The third kappa shape index (κ3) is 2.66. The normalized spacial score (nSPS) is 10.3. The smallest absolute Gasteiger partial charge is 0.273 e. The number of benzene rings is 1. The van der Waals surface area contributed by atoms with Crippen molar-refractivity contribution in [2.24, 2.45) is 0 Å². The number of nitrogens with zero attached hydrogens (tertiary/aromatic N) is 3. The number of hydrogen-bond acceptors (Lipinski definition) is 7. The molecule has 0 unspecified atom stereocenters. The molecule has 94 valence electrons. The van der Waals surface area contributed by atoms with Gasteiger partial charge in [-0.1, -0.05) is 16.1 Å². The number of aromatic nitrogens is 2. The molecule has 0 amide bonds. The summed E-state index contributed by atoms with van der Waals surface area (Å²) in [6.07, 6.45) is 0. The number of hydrogen-bond donors (Lipinski definition) is 1. The first-order valence-electron chi connectivity index (χ1n) is 4.71. The second-order valence-electron chi connectivity index (χ2n) is 3.24. The highest BCUT2D eigenvalue weighted by atomic mass is 35.5. The van der Waals surface area contributed by atoms with E-state index in [0.29, 0.717) is 10.7 Å². The van der Waals surface area contributed by atoms with Gasteiger partial charge in [-0.25, -0.2) is 0 Å². The van der Waals surface area contributed by atoms with E-state index in [1.165, 1.54) is 18.2 Å². The van der Waals surface area contributed by atoms with Gasteiger partial charge in [0.1, 0.15) is 23.1 Å². The van der Waals surface area contributed by atoms with Gasteiger partial charge in [-0.2, -0.15) is 0 Å². The molecule has 0 aliphatic carbocycles. The third-order valence-electron chi connectivity index (χ3n) is 2.08. The Labute approximate surface area is 110 Å². The Morgan fingerprint density at radius 1 is 1.56 bits per heavy atom. The zero-order chi connectivity index (χ0) is 13.1. The molecule has 0 bridgehead atoms. The Kier molecular flexibility index (Phi) is 3.58. The molecular weight excluding hydrogens is 280 g/mol. The molecule has 2 N–H and O–H groups in total. The third-order valence-corrected chi connectivity index (χ3v) is 2.98. The van der Waals surface area contributed by atoms with E-state index in [9.17, 15) is 10.1 Å². The first kappa shape index (κ1) is 12.5. The van der Waals surface area contributed by atoms with Crippen LogP contribution in [0.3, 0.4) is 0 Å². The number of ether oxygens (including phenoxy) is 1. The van der Waals surface area contributed by atoms with Crippen LogP contribution in [-0.2, 0) is 6.61 Å². The minimum absolute atomic E-state index is 0.0588.